The lowest BCUT2D eigenvalue weighted by Crippen LogP contribution is -2.45. The molecular weight excluding hydrogens is 407 g/mol. The van der Waals surface area contributed by atoms with Gasteiger partial charge >= 0.3 is 5.97 Å². The fourth-order valence-corrected chi connectivity index (χ4v) is 4.10. The molecule has 158 valence electrons. The summed E-state index contributed by atoms with van der Waals surface area (Å²) in [5.74, 6) is -1.07. The molecule has 1 heterocycles. The number of carbonyl (C=O) groups is 3. The van der Waals surface area contributed by atoms with Gasteiger partial charge in [0.2, 0.25) is 0 Å². The van der Waals surface area contributed by atoms with Crippen LogP contribution in [0.3, 0.4) is 0 Å². The van der Waals surface area contributed by atoms with E-state index >= 15 is 0 Å². The maximum atomic E-state index is 13.1. The molecule has 1 aliphatic heterocycles. The largest absolute Gasteiger partial charge is 0.455 e. The van der Waals surface area contributed by atoms with E-state index < -0.39 is 29.6 Å². The Labute approximate surface area is 178 Å². The molecule has 0 bridgehead atoms. The van der Waals surface area contributed by atoms with Gasteiger partial charge in [-0.2, -0.15) is 0 Å². The highest BCUT2D eigenvalue weighted by molar-refractivity contribution is 8.00. The van der Waals surface area contributed by atoms with E-state index in [0.717, 1.165) is 11.1 Å². The molecule has 0 aromatic heterocycles. The molecule has 2 amide bonds. The van der Waals surface area contributed by atoms with Crippen molar-refractivity contribution in [3.63, 3.8) is 0 Å². The Morgan fingerprint density at radius 3 is 2.57 bits per heavy atom. The van der Waals surface area contributed by atoms with E-state index in [1.165, 1.54) is 36.0 Å². The number of nitrogens with zero attached hydrogens (tertiary/aromatic N) is 1. The van der Waals surface area contributed by atoms with Crippen molar-refractivity contribution in [2.75, 3.05) is 30.8 Å². The van der Waals surface area contributed by atoms with Crippen molar-refractivity contribution in [1.29, 1.82) is 0 Å². The molecule has 1 aliphatic rings. The molecule has 0 unspecified atom stereocenters. The third kappa shape index (κ3) is 5.60. The van der Waals surface area contributed by atoms with Crippen molar-refractivity contribution < 1.29 is 23.5 Å². The minimum Gasteiger partial charge on any atom is -0.455 e. The van der Waals surface area contributed by atoms with Gasteiger partial charge in [-0.15, -0.1) is 11.8 Å². The highest BCUT2D eigenvalue weighted by atomic mass is 32.2. The molecule has 2 aromatic carbocycles. The van der Waals surface area contributed by atoms with Crippen LogP contribution in [0.1, 0.15) is 21.5 Å². The van der Waals surface area contributed by atoms with Gasteiger partial charge in [-0.25, -0.2) is 4.39 Å². The van der Waals surface area contributed by atoms with Crippen LogP contribution in [0.4, 0.5) is 10.1 Å². The Bertz CT molecular complexity index is 949. The summed E-state index contributed by atoms with van der Waals surface area (Å²) in [6.45, 7) is 4.20. The number of esters is 1. The molecule has 6 nitrogen and oxygen atoms in total. The number of ether oxygens (including phenoxy) is 1. The molecule has 0 radical (unpaired) electrons. The van der Waals surface area contributed by atoms with Gasteiger partial charge < -0.3 is 15.0 Å². The summed E-state index contributed by atoms with van der Waals surface area (Å²) >= 11 is 1.39. The van der Waals surface area contributed by atoms with Crippen LogP contribution >= 0.6 is 11.8 Å². The number of amides is 2. The van der Waals surface area contributed by atoms with E-state index in [0.29, 0.717) is 23.5 Å². The number of rotatable bonds is 5. The van der Waals surface area contributed by atoms with Gasteiger partial charge in [0, 0.05) is 30.1 Å². The predicted octanol–water partition coefficient (Wildman–Crippen LogP) is 3.18. The molecule has 3 rings (SSSR count). The number of hydrogen-bond donors (Lipinski definition) is 1. The second-order valence-corrected chi connectivity index (χ2v) is 8.38. The fraction of sp³-hybridized carbons (Fsp3) is 0.318. The Balaban J connectivity index is 1.51. The van der Waals surface area contributed by atoms with Gasteiger partial charge in [-0.3, -0.25) is 14.4 Å². The quantitative estimate of drug-likeness (QED) is 0.738. The number of hydrogen-bond acceptors (Lipinski definition) is 5. The van der Waals surface area contributed by atoms with Crippen molar-refractivity contribution in [2.24, 2.45) is 0 Å². The Hall–Kier alpha value is -2.87. The minimum atomic E-state index is -0.572. The number of thioether (sulfide) groups is 1. The molecule has 1 fully saturated rings. The molecular formula is C22H23FN2O4S. The van der Waals surface area contributed by atoms with Gasteiger partial charge in [0.15, 0.2) is 6.61 Å². The molecule has 1 N–H and O–H groups in total. The average Bonchev–Trinajstić information content (AvgIpc) is 2.75. The smallest absolute Gasteiger partial charge is 0.321 e. The van der Waals surface area contributed by atoms with Crippen LogP contribution in [0.15, 0.2) is 42.5 Å². The van der Waals surface area contributed by atoms with Crippen LogP contribution in [0.5, 0.6) is 0 Å². The van der Waals surface area contributed by atoms with Gasteiger partial charge in [-0.05, 0) is 61.4 Å². The second-order valence-electron chi connectivity index (χ2n) is 7.07. The Morgan fingerprint density at radius 1 is 1.13 bits per heavy atom. The fourth-order valence-electron chi connectivity index (χ4n) is 3.00. The first-order valence-corrected chi connectivity index (χ1v) is 10.6. The van der Waals surface area contributed by atoms with Crippen molar-refractivity contribution in [1.82, 2.24) is 4.90 Å². The highest BCUT2D eigenvalue weighted by Crippen LogP contribution is 2.22. The van der Waals surface area contributed by atoms with Crippen LogP contribution < -0.4 is 5.32 Å². The van der Waals surface area contributed by atoms with Crippen molar-refractivity contribution in [2.45, 2.75) is 19.1 Å². The van der Waals surface area contributed by atoms with E-state index in [2.05, 4.69) is 5.32 Å². The van der Waals surface area contributed by atoms with Crippen LogP contribution in [0.2, 0.25) is 0 Å². The van der Waals surface area contributed by atoms with E-state index in [-0.39, 0.29) is 12.5 Å². The maximum absolute atomic E-state index is 13.1. The molecule has 0 saturated carbocycles. The first-order chi connectivity index (χ1) is 14.3. The topological polar surface area (TPSA) is 75.7 Å². The molecule has 0 spiro atoms. The van der Waals surface area contributed by atoms with Crippen LogP contribution in [-0.4, -0.2) is 53.4 Å². The van der Waals surface area contributed by atoms with Crippen molar-refractivity contribution in [3.05, 3.63) is 65.0 Å². The van der Waals surface area contributed by atoms with Crippen molar-refractivity contribution in [3.8, 4) is 0 Å². The van der Waals surface area contributed by atoms with E-state index in [4.69, 9.17) is 4.74 Å². The van der Waals surface area contributed by atoms with Gasteiger partial charge in [0.1, 0.15) is 11.1 Å². The number of carbonyl (C=O) groups excluding carboxylic acids is 3. The molecule has 2 aromatic rings. The van der Waals surface area contributed by atoms with Gasteiger partial charge in [0.05, 0.1) is 0 Å². The second kappa shape index (κ2) is 9.75. The van der Waals surface area contributed by atoms with E-state index in [9.17, 15) is 18.8 Å². The summed E-state index contributed by atoms with van der Waals surface area (Å²) < 4.78 is 18.2. The third-order valence-corrected chi connectivity index (χ3v) is 6.01. The molecule has 8 heteroatoms. The zero-order valence-corrected chi connectivity index (χ0v) is 17.6. The molecule has 1 atom stereocenters. The normalized spacial score (nSPS) is 16.1. The van der Waals surface area contributed by atoms with E-state index in [1.54, 1.807) is 11.0 Å². The number of benzene rings is 2. The number of halogens is 1. The molecule has 30 heavy (non-hydrogen) atoms. The van der Waals surface area contributed by atoms with Gasteiger partial charge in [0.25, 0.3) is 11.8 Å². The lowest BCUT2D eigenvalue weighted by atomic mass is 10.1. The zero-order chi connectivity index (χ0) is 21.7. The van der Waals surface area contributed by atoms with Crippen LogP contribution in [0, 0.1) is 19.7 Å². The summed E-state index contributed by atoms with van der Waals surface area (Å²) in [7, 11) is 0. The van der Waals surface area contributed by atoms with Gasteiger partial charge in [-0.1, -0.05) is 6.07 Å². The lowest BCUT2D eigenvalue weighted by molar-refractivity contribution is -0.146. The summed E-state index contributed by atoms with van der Waals surface area (Å²) in [6.07, 6.45) is 0. The summed E-state index contributed by atoms with van der Waals surface area (Å²) in [6, 6.07) is 10.8. The average molecular weight is 431 g/mol. The third-order valence-electron chi connectivity index (χ3n) is 4.84. The number of aryl methyl sites for hydroxylation is 2. The first-order valence-electron chi connectivity index (χ1n) is 9.53. The summed E-state index contributed by atoms with van der Waals surface area (Å²) in [4.78, 5) is 38.6. The molecule has 0 aliphatic carbocycles. The summed E-state index contributed by atoms with van der Waals surface area (Å²) in [5, 5.41) is 2.13. The predicted molar refractivity (Wildman–Crippen MR) is 114 cm³/mol. The number of anilines is 1. The first kappa shape index (κ1) is 21.8. The van der Waals surface area contributed by atoms with Crippen molar-refractivity contribution >= 4 is 35.2 Å². The monoisotopic (exact) mass is 430 g/mol. The van der Waals surface area contributed by atoms with Crippen LogP contribution in [0.25, 0.3) is 0 Å². The highest BCUT2D eigenvalue weighted by Gasteiger charge is 2.31. The standard InChI is InChI=1S/C22H23FN2O4S/c1-14-3-8-18(11-15(14)2)24-20(26)13-29-22(28)19-12-25(9-10-30-19)21(27)16-4-6-17(23)7-5-16/h3-8,11,19H,9-10,12-13H2,1-2H3,(H,24,26)/t19-/m1/s1. The number of nitrogens with one attached hydrogen (secondary N) is 1. The Kier molecular flexibility index (Phi) is 7.10. The van der Waals surface area contributed by atoms with Crippen LogP contribution in [-0.2, 0) is 14.3 Å². The lowest BCUT2D eigenvalue weighted by Gasteiger charge is -2.31. The Morgan fingerprint density at radius 2 is 1.87 bits per heavy atom. The molecule has 1 saturated heterocycles. The van der Waals surface area contributed by atoms with E-state index in [1.807, 2.05) is 26.0 Å². The SMILES string of the molecule is Cc1ccc(NC(=O)COC(=O)[C@H]2CN(C(=O)c3ccc(F)cc3)CCS2)cc1C. The summed E-state index contributed by atoms with van der Waals surface area (Å²) in [5.41, 5.74) is 3.17. The zero-order valence-electron chi connectivity index (χ0n) is 16.8. The minimum absolute atomic E-state index is 0.179. The maximum Gasteiger partial charge on any atom is 0.321 e.